The smallest absolute Gasteiger partial charge is 0.253 e. The van der Waals surface area contributed by atoms with E-state index in [2.05, 4.69) is 4.98 Å². The molecule has 3 aromatic rings. The van der Waals surface area contributed by atoms with Gasteiger partial charge < -0.3 is 4.90 Å². The highest BCUT2D eigenvalue weighted by atomic mass is 35.5. The van der Waals surface area contributed by atoms with Gasteiger partial charge in [-0.1, -0.05) is 24.6 Å². The number of imidazole rings is 1. The third kappa shape index (κ3) is 3.42. The molecule has 4 rings (SSSR count). The van der Waals surface area contributed by atoms with Crippen LogP contribution in [0.25, 0.3) is 16.7 Å². The Morgan fingerprint density at radius 2 is 1.86 bits per heavy atom. The van der Waals surface area contributed by atoms with Crippen molar-refractivity contribution in [2.24, 2.45) is 0 Å². The maximum Gasteiger partial charge on any atom is 0.253 e. The molecule has 0 spiro atoms. The fourth-order valence-corrected chi connectivity index (χ4v) is 3.90. The van der Waals surface area contributed by atoms with E-state index < -0.39 is 0 Å². The normalized spacial score (nSPS) is 14.4. The number of fused-ring (bicyclic) bond motifs is 1. The third-order valence-corrected chi connectivity index (χ3v) is 5.42. The second kappa shape index (κ2) is 7.76. The number of halogens is 1. The first-order valence-corrected chi connectivity index (χ1v) is 10.1. The van der Waals surface area contributed by atoms with Gasteiger partial charge in [-0.2, -0.15) is 0 Å². The van der Waals surface area contributed by atoms with Crippen LogP contribution in [-0.4, -0.2) is 39.2 Å². The van der Waals surface area contributed by atoms with Gasteiger partial charge >= 0.3 is 0 Å². The van der Waals surface area contributed by atoms with Gasteiger partial charge in [0.25, 0.3) is 5.91 Å². The molecule has 1 aliphatic rings. The molecule has 0 saturated carbocycles. The Kier molecular flexibility index (Phi) is 5.18. The van der Waals surface area contributed by atoms with Crippen LogP contribution in [0.1, 0.15) is 53.6 Å². The van der Waals surface area contributed by atoms with E-state index in [0.717, 1.165) is 37.1 Å². The van der Waals surface area contributed by atoms with Gasteiger partial charge in [-0.05, 0) is 55.7 Å². The summed E-state index contributed by atoms with van der Waals surface area (Å²) >= 11 is 6.16. The van der Waals surface area contributed by atoms with Crippen molar-refractivity contribution in [2.45, 2.75) is 32.6 Å². The van der Waals surface area contributed by atoms with Gasteiger partial charge in [-0.25, -0.2) is 4.98 Å². The number of benzene rings is 2. The van der Waals surface area contributed by atoms with Crippen molar-refractivity contribution in [3.05, 3.63) is 58.9 Å². The monoisotopic (exact) mass is 395 g/mol. The molecule has 1 aromatic heterocycles. The molecule has 0 atom stereocenters. The van der Waals surface area contributed by atoms with Gasteiger partial charge in [-0.3, -0.25) is 14.2 Å². The number of ketones is 1. The first-order chi connectivity index (χ1) is 13.6. The summed E-state index contributed by atoms with van der Waals surface area (Å²) in [5.74, 6) is 0.338. The molecular formula is C22H22ClN3O2. The molecule has 0 aliphatic carbocycles. The minimum atomic E-state index is -0.0555. The summed E-state index contributed by atoms with van der Waals surface area (Å²) in [6, 6.07) is 12.8. The van der Waals surface area contributed by atoms with Crippen LogP contribution in [-0.2, 0) is 0 Å². The number of carbonyl (C=O) groups is 2. The number of aromatic nitrogens is 2. The van der Waals surface area contributed by atoms with E-state index >= 15 is 0 Å². The maximum atomic E-state index is 12.8. The van der Waals surface area contributed by atoms with Crippen molar-refractivity contribution in [3.63, 3.8) is 0 Å². The molecule has 1 aliphatic heterocycles. The Labute approximate surface area is 168 Å². The van der Waals surface area contributed by atoms with Crippen LogP contribution in [0, 0.1) is 0 Å². The van der Waals surface area contributed by atoms with Crippen molar-refractivity contribution in [1.29, 1.82) is 0 Å². The van der Waals surface area contributed by atoms with Crippen molar-refractivity contribution in [3.8, 4) is 5.69 Å². The summed E-state index contributed by atoms with van der Waals surface area (Å²) in [6.45, 7) is 3.41. The van der Waals surface area contributed by atoms with Crippen LogP contribution in [0.3, 0.4) is 0 Å². The Morgan fingerprint density at radius 3 is 2.57 bits per heavy atom. The molecule has 0 bridgehead atoms. The lowest BCUT2D eigenvalue weighted by atomic mass is 10.1. The number of hydrogen-bond acceptors (Lipinski definition) is 3. The molecular weight excluding hydrogens is 374 g/mol. The fraction of sp³-hybridized carbons (Fsp3) is 0.318. The van der Waals surface area contributed by atoms with E-state index in [4.69, 9.17) is 11.6 Å². The number of carbonyl (C=O) groups excluding carboxylic acids is 2. The predicted octanol–water partition coefficient (Wildman–Crippen LogP) is 4.90. The zero-order chi connectivity index (χ0) is 19.7. The minimum Gasteiger partial charge on any atom is -0.339 e. The number of amides is 1. The molecule has 0 radical (unpaired) electrons. The van der Waals surface area contributed by atoms with Crippen LogP contribution in [0.5, 0.6) is 0 Å². The van der Waals surface area contributed by atoms with Crippen molar-refractivity contribution < 1.29 is 9.59 Å². The number of Topliss-reactive ketones (excluding diaryl/α,β-unsaturated/α-hetero) is 1. The largest absolute Gasteiger partial charge is 0.339 e. The van der Waals surface area contributed by atoms with Crippen molar-refractivity contribution >= 4 is 34.3 Å². The highest BCUT2D eigenvalue weighted by Gasteiger charge is 2.22. The second-order valence-corrected chi connectivity index (χ2v) is 7.52. The Morgan fingerprint density at radius 1 is 1.07 bits per heavy atom. The predicted molar refractivity (Wildman–Crippen MR) is 110 cm³/mol. The molecule has 2 aromatic carbocycles. The maximum absolute atomic E-state index is 12.8. The van der Waals surface area contributed by atoms with Crippen LogP contribution >= 0.6 is 11.6 Å². The quantitative estimate of drug-likeness (QED) is 0.590. The fourth-order valence-electron chi connectivity index (χ4n) is 3.71. The summed E-state index contributed by atoms with van der Waals surface area (Å²) < 4.78 is 1.82. The van der Waals surface area contributed by atoms with E-state index in [0.29, 0.717) is 28.3 Å². The number of hydrogen-bond donors (Lipinski definition) is 0. The summed E-state index contributed by atoms with van der Waals surface area (Å²) in [5, 5.41) is 0.589. The van der Waals surface area contributed by atoms with Crippen LogP contribution in [0.2, 0.25) is 5.02 Å². The summed E-state index contributed by atoms with van der Waals surface area (Å²) in [6.07, 6.45) is 3.62. The van der Waals surface area contributed by atoms with Gasteiger partial charge in [0.05, 0.1) is 11.0 Å². The zero-order valence-corrected chi connectivity index (χ0v) is 16.6. The Hall–Kier alpha value is -2.66. The highest BCUT2D eigenvalue weighted by Crippen LogP contribution is 2.26. The molecule has 2 heterocycles. The van der Waals surface area contributed by atoms with E-state index in [1.54, 1.807) is 12.1 Å². The van der Waals surface area contributed by atoms with E-state index in [9.17, 15) is 9.59 Å². The average Bonchev–Trinajstić information content (AvgIpc) is 3.12. The molecule has 6 heteroatoms. The van der Waals surface area contributed by atoms with E-state index in [1.807, 2.05) is 46.7 Å². The standard InChI is InChI=1S/C22H22ClN3O2/c1-2-20(27)21-24-18-13-15(22(28)25-11-4-3-5-12-25)9-10-19(18)26(21)17-8-6-7-16(23)14-17/h6-10,13-14H,2-5,11-12H2,1H3. The van der Waals surface area contributed by atoms with Crippen LogP contribution in [0.15, 0.2) is 42.5 Å². The lowest BCUT2D eigenvalue weighted by molar-refractivity contribution is 0.0724. The van der Waals surface area contributed by atoms with Crippen LogP contribution < -0.4 is 0 Å². The van der Waals surface area contributed by atoms with Gasteiger partial charge in [0.15, 0.2) is 11.6 Å². The molecule has 5 nitrogen and oxygen atoms in total. The first kappa shape index (κ1) is 18.7. The third-order valence-electron chi connectivity index (χ3n) is 5.18. The second-order valence-electron chi connectivity index (χ2n) is 7.08. The first-order valence-electron chi connectivity index (χ1n) is 9.69. The molecule has 1 fully saturated rings. The summed E-state index contributed by atoms with van der Waals surface area (Å²) in [5.41, 5.74) is 2.82. The van der Waals surface area contributed by atoms with Gasteiger partial charge in [0.1, 0.15) is 0 Å². The number of piperidine rings is 1. The topological polar surface area (TPSA) is 55.2 Å². The number of nitrogens with zero attached hydrogens (tertiary/aromatic N) is 3. The van der Waals surface area contributed by atoms with Crippen molar-refractivity contribution in [1.82, 2.24) is 14.5 Å². The SMILES string of the molecule is CCC(=O)c1nc2cc(C(=O)N3CCCCC3)ccc2n1-c1cccc(Cl)c1. The van der Waals surface area contributed by atoms with E-state index in [1.165, 1.54) is 6.42 Å². The molecule has 144 valence electrons. The van der Waals surface area contributed by atoms with Gasteiger partial charge in [0, 0.05) is 35.8 Å². The lowest BCUT2D eigenvalue weighted by Crippen LogP contribution is -2.35. The number of likely N-dealkylation sites (tertiary alicyclic amines) is 1. The van der Waals surface area contributed by atoms with Gasteiger partial charge in [0.2, 0.25) is 0 Å². The molecule has 1 amide bonds. The van der Waals surface area contributed by atoms with Gasteiger partial charge in [-0.15, -0.1) is 0 Å². The highest BCUT2D eigenvalue weighted by molar-refractivity contribution is 6.30. The zero-order valence-electron chi connectivity index (χ0n) is 15.8. The molecule has 0 unspecified atom stereocenters. The van der Waals surface area contributed by atoms with Crippen LogP contribution in [0.4, 0.5) is 0 Å². The van der Waals surface area contributed by atoms with Crippen molar-refractivity contribution in [2.75, 3.05) is 13.1 Å². The Balaban J connectivity index is 1.82. The minimum absolute atomic E-state index is 0.0299. The average molecular weight is 396 g/mol. The molecule has 28 heavy (non-hydrogen) atoms. The number of rotatable bonds is 4. The summed E-state index contributed by atoms with van der Waals surface area (Å²) in [4.78, 5) is 31.9. The molecule has 0 N–H and O–H groups in total. The lowest BCUT2D eigenvalue weighted by Gasteiger charge is -2.26. The molecule has 1 saturated heterocycles. The van der Waals surface area contributed by atoms with E-state index in [-0.39, 0.29) is 11.7 Å². The Bertz CT molecular complexity index is 1050. The summed E-state index contributed by atoms with van der Waals surface area (Å²) in [7, 11) is 0.